The number of carbonyl (C=O) groups is 2. The number of hydrogen-bond acceptors (Lipinski definition) is 3. The minimum absolute atomic E-state index is 0.0864. The van der Waals surface area contributed by atoms with Gasteiger partial charge in [-0.3, -0.25) is 14.5 Å². The molecule has 2 N–H and O–H groups in total. The van der Waals surface area contributed by atoms with Crippen LogP contribution in [0.2, 0.25) is 0 Å². The predicted octanol–water partition coefficient (Wildman–Crippen LogP) is 1.13. The average Bonchev–Trinajstić information content (AvgIpc) is 2.93. The lowest BCUT2D eigenvalue weighted by Gasteiger charge is -2.25. The zero-order valence-corrected chi connectivity index (χ0v) is 11.9. The molecule has 1 heterocycles. The van der Waals surface area contributed by atoms with Crippen LogP contribution in [0.1, 0.15) is 19.3 Å². The van der Waals surface area contributed by atoms with Crippen LogP contribution in [0.5, 0.6) is 0 Å². The number of nitrogens with zero attached hydrogens (tertiary/aromatic N) is 2. The van der Waals surface area contributed by atoms with Gasteiger partial charge in [0.1, 0.15) is 5.82 Å². The van der Waals surface area contributed by atoms with Crippen LogP contribution in [0.4, 0.5) is 10.1 Å². The van der Waals surface area contributed by atoms with Crippen LogP contribution in [-0.2, 0) is 9.59 Å². The number of primary amides is 1. The molecule has 1 saturated heterocycles. The van der Waals surface area contributed by atoms with Crippen molar-refractivity contribution in [3.63, 3.8) is 0 Å². The van der Waals surface area contributed by atoms with Crippen LogP contribution < -0.4 is 10.6 Å². The van der Waals surface area contributed by atoms with Gasteiger partial charge in [0.15, 0.2) is 0 Å². The van der Waals surface area contributed by atoms with E-state index in [1.807, 2.05) is 0 Å². The second-order valence-electron chi connectivity index (χ2n) is 5.22. The number of benzene rings is 1. The summed E-state index contributed by atoms with van der Waals surface area (Å²) in [5, 5.41) is 0. The van der Waals surface area contributed by atoms with E-state index in [1.165, 1.54) is 29.2 Å². The van der Waals surface area contributed by atoms with Gasteiger partial charge in [0.25, 0.3) is 0 Å². The Morgan fingerprint density at radius 2 is 1.81 bits per heavy atom. The van der Waals surface area contributed by atoms with E-state index in [0.29, 0.717) is 12.2 Å². The minimum atomic E-state index is -0.462. The van der Waals surface area contributed by atoms with E-state index in [4.69, 9.17) is 5.73 Å². The van der Waals surface area contributed by atoms with Gasteiger partial charge in [-0.2, -0.15) is 0 Å². The van der Waals surface area contributed by atoms with E-state index >= 15 is 0 Å². The molecule has 114 valence electrons. The number of rotatable bonds is 6. The molecule has 0 atom stereocenters. The third kappa shape index (κ3) is 4.53. The van der Waals surface area contributed by atoms with Crippen LogP contribution in [0.3, 0.4) is 0 Å². The molecule has 0 saturated carbocycles. The average molecular weight is 293 g/mol. The van der Waals surface area contributed by atoms with Crippen molar-refractivity contribution in [1.29, 1.82) is 0 Å². The number of hydrogen-bond donors (Lipinski definition) is 1. The first-order valence-corrected chi connectivity index (χ1v) is 7.13. The Kier molecular flexibility index (Phi) is 5.27. The summed E-state index contributed by atoms with van der Waals surface area (Å²) in [5.74, 6) is -0.915. The Balaban J connectivity index is 2.08. The Labute approximate surface area is 123 Å². The number of amides is 2. The molecule has 6 heteroatoms. The molecule has 2 amide bonds. The van der Waals surface area contributed by atoms with E-state index in [1.54, 1.807) is 0 Å². The van der Waals surface area contributed by atoms with Crippen molar-refractivity contribution >= 4 is 17.5 Å². The van der Waals surface area contributed by atoms with Crippen LogP contribution in [0.15, 0.2) is 24.3 Å². The lowest BCUT2D eigenvalue weighted by molar-refractivity contribution is -0.119. The van der Waals surface area contributed by atoms with E-state index in [-0.39, 0.29) is 24.7 Å². The van der Waals surface area contributed by atoms with Crippen LogP contribution >= 0.6 is 0 Å². The van der Waals surface area contributed by atoms with Gasteiger partial charge in [0, 0.05) is 18.7 Å². The summed E-state index contributed by atoms with van der Waals surface area (Å²) < 4.78 is 13.0. The summed E-state index contributed by atoms with van der Waals surface area (Å²) in [5.41, 5.74) is 5.74. The molecule has 1 aliphatic heterocycles. The molecule has 5 nitrogen and oxygen atoms in total. The zero-order chi connectivity index (χ0) is 15.2. The van der Waals surface area contributed by atoms with Gasteiger partial charge in [0.05, 0.1) is 6.54 Å². The van der Waals surface area contributed by atoms with Gasteiger partial charge in [-0.05, 0) is 50.2 Å². The van der Waals surface area contributed by atoms with Gasteiger partial charge in [0.2, 0.25) is 11.8 Å². The summed E-state index contributed by atoms with van der Waals surface area (Å²) in [7, 11) is 0. The molecule has 1 aliphatic rings. The lowest BCUT2D eigenvalue weighted by atomic mass is 10.2. The molecule has 0 aliphatic carbocycles. The molecule has 1 aromatic carbocycles. The standard InChI is InChI=1S/C15H20FN3O2/c16-12-3-5-13(6-4-12)19(10-7-14(17)20)15(21)11-18-8-1-2-9-18/h3-6H,1-2,7-11H2,(H2,17,20). The molecular weight excluding hydrogens is 273 g/mol. The molecule has 0 aromatic heterocycles. The van der Waals surface area contributed by atoms with Crippen LogP contribution in [0, 0.1) is 5.82 Å². The van der Waals surface area contributed by atoms with Gasteiger partial charge < -0.3 is 10.6 Å². The van der Waals surface area contributed by atoms with Crippen molar-refractivity contribution in [3.05, 3.63) is 30.1 Å². The smallest absolute Gasteiger partial charge is 0.241 e. The second kappa shape index (κ2) is 7.17. The Morgan fingerprint density at radius 1 is 1.19 bits per heavy atom. The van der Waals surface area contributed by atoms with Gasteiger partial charge in [-0.1, -0.05) is 0 Å². The van der Waals surface area contributed by atoms with Crippen molar-refractivity contribution in [2.75, 3.05) is 31.1 Å². The maximum absolute atomic E-state index is 13.0. The predicted molar refractivity (Wildman–Crippen MR) is 78.2 cm³/mol. The quantitative estimate of drug-likeness (QED) is 0.855. The number of anilines is 1. The largest absolute Gasteiger partial charge is 0.370 e. The lowest BCUT2D eigenvalue weighted by Crippen LogP contribution is -2.41. The first kappa shape index (κ1) is 15.4. The van der Waals surface area contributed by atoms with E-state index in [0.717, 1.165) is 25.9 Å². The number of halogens is 1. The fourth-order valence-corrected chi connectivity index (χ4v) is 2.46. The molecule has 1 aromatic rings. The Morgan fingerprint density at radius 3 is 2.38 bits per heavy atom. The van der Waals surface area contributed by atoms with E-state index in [9.17, 15) is 14.0 Å². The first-order chi connectivity index (χ1) is 10.1. The third-order valence-corrected chi connectivity index (χ3v) is 3.58. The van der Waals surface area contributed by atoms with Gasteiger partial charge in [-0.15, -0.1) is 0 Å². The molecule has 0 radical (unpaired) electrons. The van der Waals surface area contributed by atoms with Crippen molar-refractivity contribution < 1.29 is 14.0 Å². The molecule has 1 fully saturated rings. The summed E-state index contributed by atoms with van der Waals surface area (Å²) in [4.78, 5) is 27.0. The molecule has 0 bridgehead atoms. The number of carbonyl (C=O) groups excluding carboxylic acids is 2. The Bertz CT molecular complexity index is 498. The molecule has 2 rings (SSSR count). The maximum Gasteiger partial charge on any atom is 0.241 e. The normalized spacial score (nSPS) is 15.1. The Hall–Kier alpha value is -1.95. The SMILES string of the molecule is NC(=O)CCN(C(=O)CN1CCCC1)c1ccc(F)cc1. The molecular formula is C15H20FN3O2. The maximum atomic E-state index is 13.0. The third-order valence-electron chi connectivity index (χ3n) is 3.58. The summed E-state index contributed by atoms with van der Waals surface area (Å²) in [6.45, 7) is 2.36. The monoisotopic (exact) mass is 293 g/mol. The van der Waals surface area contributed by atoms with Crippen molar-refractivity contribution in [1.82, 2.24) is 4.90 Å². The van der Waals surface area contributed by atoms with E-state index < -0.39 is 5.91 Å². The van der Waals surface area contributed by atoms with Gasteiger partial charge >= 0.3 is 0 Å². The highest BCUT2D eigenvalue weighted by Gasteiger charge is 2.21. The molecule has 0 unspecified atom stereocenters. The van der Waals surface area contributed by atoms with Crippen molar-refractivity contribution in [3.8, 4) is 0 Å². The van der Waals surface area contributed by atoms with Gasteiger partial charge in [-0.25, -0.2) is 4.39 Å². The minimum Gasteiger partial charge on any atom is -0.370 e. The highest BCUT2D eigenvalue weighted by atomic mass is 19.1. The number of nitrogens with two attached hydrogens (primary N) is 1. The molecule has 21 heavy (non-hydrogen) atoms. The fraction of sp³-hybridized carbons (Fsp3) is 0.467. The topological polar surface area (TPSA) is 66.6 Å². The van der Waals surface area contributed by atoms with E-state index in [2.05, 4.69) is 4.90 Å². The number of likely N-dealkylation sites (tertiary alicyclic amines) is 1. The second-order valence-corrected chi connectivity index (χ2v) is 5.22. The van der Waals surface area contributed by atoms with Crippen molar-refractivity contribution in [2.24, 2.45) is 5.73 Å². The highest BCUT2D eigenvalue weighted by Crippen LogP contribution is 2.17. The zero-order valence-electron chi connectivity index (χ0n) is 11.9. The fourth-order valence-electron chi connectivity index (χ4n) is 2.46. The van der Waals surface area contributed by atoms with Crippen LogP contribution in [0.25, 0.3) is 0 Å². The van der Waals surface area contributed by atoms with Crippen molar-refractivity contribution in [2.45, 2.75) is 19.3 Å². The summed E-state index contributed by atoms with van der Waals surface area (Å²) in [6, 6.07) is 5.68. The first-order valence-electron chi connectivity index (χ1n) is 7.13. The highest BCUT2D eigenvalue weighted by molar-refractivity contribution is 5.95. The summed E-state index contributed by atoms with van der Waals surface area (Å²) >= 11 is 0. The molecule has 0 spiro atoms. The summed E-state index contributed by atoms with van der Waals surface area (Å²) in [6.07, 6.45) is 2.29. The van der Waals surface area contributed by atoms with Crippen LogP contribution in [-0.4, -0.2) is 42.9 Å².